The van der Waals surface area contributed by atoms with Gasteiger partial charge in [0.05, 0.1) is 12.6 Å². The van der Waals surface area contributed by atoms with E-state index in [9.17, 15) is 4.79 Å². The molecule has 1 aromatic rings. The summed E-state index contributed by atoms with van der Waals surface area (Å²) in [5.74, 6) is 0. The van der Waals surface area contributed by atoms with E-state index >= 15 is 0 Å². The summed E-state index contributed by atoms with van der Waals surface area (Å²) in [7, 11) is 0. The molecule has 0 aromatic carbocycles. The number of carbonyl (C=O) groups is 1. The number of carbonyl (C=O) groups excluding carboxylic acids is 1. The number of rotatable bonds is 1. The predicted molar refractivity (Wildman–Crippen MR) is 49.8 cm³/mol. The highest BCUT2D eigenvalue weighted by Gasteiger charge is 2.28. The van der Waals surface area contributed by atoms with E-state index < -0.39 is 0 Å². The fourth-order valence-electron chi connectivity index (χ4n) is 1.80. The molecule has 1 atom stereocenters. The van der Waals surface area contributed by atoms with Gasteiger partial charge in [0.25, 0.3) is 0 Å². The highest BCUT2D eigenvalue weighted by molar-refractivity contribution is 5.77. The normalized spacial score (nSPS) is 21.5. The molecule has 0 bridgehead atoms. The summed E-state index contributed by atoms with van der Waals surface area (Å²) in [5, 5.41) is 9.06. The molecule has 1 amide bonds. The number of amides is 1. The lowest BCUT2D eigenvalue weighted by atomic mass is 10.2. The lowest BCUT2D eigenvalue weighted by Crippen LogP contribution is -2.39. The maximum Gasteiger partial charge on any atom is 0.329 e. The van der Waals surface area contributed by atoms with Crippen LogP contribution in [0.2, 0.25) is 0 Å². The molecule has 1 aliphatic heterocycles. The van der Waals surface area contributed by atoms with Gasteiger partial charge < -0.3 is 10.0 Å². The summed E-state index contributed by atoms with van der Waals surface area (Å²) < 4.78 is 1.44. The number of hydrogen-bond donors (Lipinski definition) is 1. The van der Waals surface area contributed by atoms with E-state index in [2.05, 4.69) is 4.98 Å². The number of hydrogen-bond acceptors (Lipinski definition) is 3. The summed E-state index contributed by atoms with van der Waals surface area (Å²) in [4.78, 5) is 17.3. The molecule has 2 rings (SSSR count). The standard InChI is InChI=1S/C9H13N3O2/c13-6-8-2-1-4-12(8)9(14)11-5-3-10-7-11/h3,5,7-8,13H,1-2,4,6H2. The third kappa shape index (κ3) is 1.50. The second-order valence-corrected chi connectivity index (χ2v) is 3.42. The van der Waals surface area contributed by atoms with Gasteiger partial charge in [-0.25, -0.2) is 9.78 Å². The van der Waals surface area contributed by atoms with E-state index in [0.717, 1.165) is 19.4 Å². The maximum atomic E-state index is 11.8. The Bertz CT molecular complexity index is 310. The molecule has 0 radical (unpaired) electrons. The molecule has 14 heavy (non-hydrogen) atoms. The minimum Gasteiger partial charge on any atom is -0.394 e. The van der Waals surface area contributed by atoms with Gasteiger partial charge in [0.15, 0.2) is 0 Å². The monoisotopic (exact) mass is 195 g/mol. The van der Waals surface area contributed by atoms with Crippen LogP contribution in [0.5, 0.6) is 0 Å². The molecular weight excluding hydrogens is 182 g/mol. The first-order valence-electron chi connectivity index (χ1n) is 4.72. The molecule has 1 saturated heterocycles. The Balaban J connectivity index is 2.11. The zero-order chi connectivity index (χ0) is 9.97. The number of aromatic nitrogens is 2. The number of aliphatic hydroxyl groups is 1. The fraction of sp³-hybridized carbons (Fsp3) is 0.556. The lowest BCUT2D eigenvalue weighted by molar-refractivity contribution is 0.158. The van der Waals surface area contributed by atoms with Gasteiger partial charge in [0.2, 0.25) is 0 Å². The minimum atomic E-state index is -0.0981. The average Bonchev–Trinajstić information content (AvgIpc) is 2.87. The number of likely N-dealkylation sites (tertiary alicyclic amines) is 1. The van der Waals surface area contributed by atoms with E-state index in [4.69, 9.17) is 5.11 Å². The number of imidazole rings is 1. The predicted octanol–water partition coefficient (Wildman–Crippen LogP) is 0.308. The van der Waals surface area contributed by atoms with Gasteiger partial charge in [-0.05, 0) is 12.8 Å². The van der Waals surface area contributed by atoms with Gasteiger partial charge >= 0.3 is 6.03 Å². The molecule has 5 nitrogen and oxygen atoms in total. The van der Waals surface area contributed by atoms with Crippen molar-refractivity contribution in [3.05, 3.63) is 18.7 Å². The highest BCUT2D eigenvalue weighted by Crippen LogP contribution is 2.17. The lowest BCUT2D eigenvalue weighted by Gasteiger charge is -2.22. The molecule has 1 unspecified atom stereocenters. The zero-order valence-electron chi connectivity index (χ0n) is 7.83. The Hall–Kier alpha value is -1.36. The van der Waals surface area contributed by atoms with Crippen LogP contribution in [0.1, 0.15) is 12.8 Å². The van der Waals surface area contributed by atoms with Crippen molar-refractivity contribution in [1.29, 1.82) is 0 Å². The molecule has 0 spiro atoms. The van der Waals surface area contributed by atoms with Gasteiger partial charge in [-0.3, -0.25) is 4.57 Å². The first kappa shape index (κ1) is 9.21. The summed E-state index contributed by atoms with van der Waals surface area (Å²) in [6.07, 6.45) is 6.52. The largest absolute Gasteiger partial charge is 0.394 e. The maximum absolute atomic E-state index is 11.8. The second-order valence-electron chi connectivity index (χ2n) is 3.42. The van der Waals surface area contributed by atoms with E-state index in [1.54, 1.807) is 17.3 Å². The van der Waals surface area contributed by atoms with Crippen molar-refractivity contribution in [1.82, 2.24) is 14.5 Å². The Morgan fingerprint density at radius 1 is 1.64 bits per heavy atom. The Morgan fingerprint density at radius 2 is 2.50 bits per heavy atom. The molecule has 1 N–H and O–H groups in total. The molecule has 1 aliphatic rings. The fourth-order valence-corrected chi connectivity index (χ4v) is 1.80. The average molecular weight is 195 g/mol. The first-order valence-corrected chi connectivity index (χ1v) is 4.72. The van der Waals surface area contributed by atoms with Crippen molar-refractivity contribution in [2.75, 3.05) is 13.2 Å². The molecule has 0 saturated carbocycles. The molecule has 0 aliphatic carbocycles. The van der Waals surface area contributed by atoms with Crippen molar-refractivity contribution in [3.63, 3.8) is 0 Å². The number of nitrogens with zero attached hydrogens (tertiary/aromatic N) is 3. The van der Waals surface area contributed by atoms with Crippen molar-refractivity contribution < 1.29 is 9.90 Å². The van der Waals surface area contributed by atoms with Crippen LogP contribution in [-0.4, -0.2) is 44.8 Å². The highest BCUT2D eigenvalue weighted by atomic mass is 16.3. The van der Waals surface area contributed by atoms with Crippen LogP contribution in [0, 0.1) is 0 Å². The Morgan fingerprint density at radius 3 is 3.14 bits per heavy atom. The van der Waals surface area contributed by atoms with Gasteiger partial charge in [-0.15, -0.1) is 0 Å². The summed E-state index contributed by atoms with van der Waals surface area (Å²) in [6.45, 7) is 0.767. The topological polar surface area (TPSA) is 58.4 Å². The summed E-state index contributed by atoms with van der Waals surface area (Å²) in [5.41, 5.74) is 0. The molecular formula is C9H13N3O2. The van der Waals surface area contributed by atoms with E-state index in [0.29, 0.717) is 0 Å². The van der Waals surface area contributed by atoms with E-state index in [-0.39, 0.29) is 18.7 Å². The van der Waals surface area contributed by atoms with Crippen LogP contribution in [0.15, 0.2) is 18.7 Å². The van der Waals surface area contributed by atoms with Crippen molar-refractivity contribution in [2.45, 2.75) is 18.9 Å². The third-order valence-electron chi connectivity index (χ3n) is 2.56. The number of aliphatic hydroxyl groups excluding tert-OH is 1. The SMILES string of the molecule is O=C(N1CCCC1CO)n1ccnc1. The molecule has 5 heteroatoms. The first-order chi connectivity index (χ1) is 6.83. The summed E-state index contributed by atoms with van der Waals surface area (Å²) in [6, 6.07) is -0.121. The zero-order valence-corrected chi connectivity index (χ0v) is 7.83. The minimum absolute atomic E-state index is 0.0232. The van der Waals surface area contributed by atoms with Crippen molar-refractivity contribution >= 4 is 6.03 Å². The van der Waals surface area contributed by atoms with E-state index in [1.165, 1.54) is 10.9 Å². The van der Waals surface area contributed by atoms with Crippen molar-refractivity contribution in [2.24, 2.45) is 0 Å². The molecule has 2 heterocycles. The van der Waals surface area contributed by atoms with Crippen LogP contribution in [0.3, 0.4) is 0 Å². The quantitative estimate of drug-likeness (QED) is 0.701. The smallest absolute Gasteiger partial charge is 0.329 e. The van der Waals surface area contributed by atoms with Gasteiger partial charge in [-0.1, -0.05) is 0 Å². The van der Waals surface area contributed by atoms with Gasteiger partial charge in [0.1, 0.15) is 6.33 Å². The Kier molecular flexibility index (Phi) is 2.49. The second kappa shape index (κ2) is 3.79. The molecule has 1 aromatic heterocycles. The van der Waals surface area contributed by atoms with Crippen LogP contribution in [0.4, 0.5) is 4.79 Å². The van der Waals surface area contributed by atoms with Crippen molar-refractivity contribution in [3.8, 4) is 0 Å². The van der Waals surface area contributed by atoms with Crippen LogP contribution >= 0.6 is 0 Å². The van der Waals surface area contributed by atoms with Gasteiger partial charge in [-0.2, -0.15) is 0 Å². The van der Waals surface area contributed by atoms with Crippen LogP contribution in [0.25, 0.3) is 0 Å². The van der Waals surface area contributed by atoms with Crippen LogP contribution in [-0.2, 0) is 0 Å². The molecule has 1 fully saturated rings. The third-order valence-corrected chi connectivity index (χ3v) is 2.56. The summed E-state index contributed by atoms with van der Waals surface area (Å²) >= 11 is 0. The van der Waals surface area contributed by atoms with Gasteiger partial charge in [0, 0.05) is 18.9 Å². The van der Waals surface area contributed by atoms with E-state index in [1.807, 2.05) is 0 Å². The molecule has 76 valence electrons. The van der Waals surface area contributed by atoms with Crippen LogP contribution < -0.4 is 0 Å². The Labute approximate surface area is 82.0 Å².